The van der Waals surface area contributed by atoms with E-state index in [1.165, 1.54) is 0 Å². The van der Waals surface area contributed by atoms with Crippen molar-refractivity contribution in [1.29, 1.82) is 5.26 Å². The summed E-state index contributed by atoms with van der Waals surface area (Å²) in [5.74, 6) is 1.49. The molecule has 0 amide bonds. The van der Waals surface area contributed by atoms with Gasteiger partial charge in [-0.1, -0.05) is 13.8 Å². The summed E-state index contributed by atoms with van der Waals surface area (Å²) in [5.41, 5.74) is 2.64. The van der Waals surface area contributed by atoms with Crippen LogP contribution in [0.5, 0.6) is 0 Å². The largest absolute Gasteiger partial charge is 0.354 e. The normalized spacial score (nSPS) is 10.3. The molecule has 6 nitrogen and oxygen atoms in total. The van der Waals surface area contributed by atoms with Crippen molar-refractivity contribution in [2.45, 2.75) is 38.1 Å². The first kappa shape index (κ1) is 17.2. The lowest BCUT2D eigenvalue weighted by atomic mass is 10.1. The Labute approximate surface area is 140 Å². The number of rotatable bonds is 8. The van der Waals surface area contributed by atoms with Gasteiger partial charge in [0.05, 0.1) is 11.3 Å². The zero-order valence-corrected chi connectivity index (χ0v) is 14.2. The lowest BCUT2D eigenvalue weighted by Gasteiger charge is -2.10. The van der Waals surface area contributed by atoms with Crippen molar-refractivity contribution in [3.8, 4) is 6.07 Å². The first-order valence-corrected chi connectivity index (χ1v) is 8.70. The summed E-state index contributed by atoms with van der Waals surface area (Å²) in [7, 11) is 0. The molecule has 0 aliphatic carbocycles. The maximum Gasteiger partial charge on any atom is 0.222 e. The highest BCUT2D eigenvalue weighted by atomic mass is 32.2. The summed E-state index contributed by atoms with van der Waals surface area (Å²) < 4.78 is 0. The maximum absolute atomic E-state index is 9.44. The number of hydrogen-bond donors (Lipinski definition) is 1. The molecule has 0 aliphatic rings. The van der Waals surface area contributed by atoms with Gasteiger partial charge in [0.2, 0.25) is 5.95 Å². The molecule has 7 heteroatoms. The Balaban J connectivity index is 1.89. The Morgan fingerprint density at radius 1 is 1.17 bits per heavy atom. The molecule has 120 valence electrons. The Hall–Kier alpha value is -2.20. The molecule has 0 aliphatic heterocycles. The van der Waals surface area contributed by atoms with E-state index in [1.807, 2.05) is 6.92 Å². The van der Waals surface area contributed by atoms with Crippen molar-refractivity contribution in [2.75, 3.05) is 17.6 Å². The molecular weight excluding hydrogens is 308 g/mol. The van der Waals surface area contributed by atoms with E-state index in [1.54, 1.807) is 30.2 Å². The van der Waals surface area contributed by atoms with Gasteiger partial charge in [-0.25, -0.2) is 9.97 Å². The minimum absolute atomic E-state index is 0.635. The molecule has 2 aromatic heterocycles. The predicted octanol–water partition coefficient (Wildman–Crippen LogP) is 2.86. The molecule has 0 saturated heterocycles. The fourth-order valence-electron chi connectivity index (χ4n) is 2.20. The van der Waals surface area contributed by atoms with Gasteiger partial charge in [0, 0.05) is 24.7 Å². The third kappa shape index (κ3) is 4.63. The van der Waals surface area contributed by atoms with Crippen molar-refractivity contribution in [2.24, 2.45) is 0 Å². The molecule has 2 rings (SSSR count). The summed E-state index contributed by atoms with van der Waals surface area (Å²) in [6.07, 6.45) is 5.95. The third-order valence-corrected chi connectivity index (χ3v) is 4.39. The van der Waals surface area contributed by atoms with E-state index in [2.05, 4.69) is 38.5 Å². The molecule has 23 heavy (non-hydrogen) atoms. The second-order valence-corrected chi connectivity index (χ2v) is 5.91. The molecule has 1 N–H and O–H groups in total. The van der Waals surface area contributed by atoms with Crippen molar-refractivity contribution < 1.29 is 0 Å². The number of aryl methyl sites for hydroxylation is 1. The van der Waals surface area contributed by atoms with Crippen LogP contribution in [0.15, 0.2) is 23.5 Å². The number of nitriles is 1. The van der Waals surface area contributed by atoms with Crippen molar-refractivity contribution in [3.63, 3.8) is 0 Å². The Morgan fingerprint density at radius 2 is 1.96 bits per heavy atom. The predicted molar refractivity (Wildman–Crippen MR) is 91.4 cm³/mol. The Kier molecular flexibility index (Phi) is 6.76. The average Bonchev–Trinajstić information content (AvgIpc) is 2.61. The quantitative estimate of drug-likeness (QED) is 0.589. The van der Waals surface area contributed by atoms with Crippen LogP contribution in [0.4, 0.5) is 5.95 Å². The third-order valence-electron chi connectivity index (χ3n) is 3.33. The monoisotopic (exact) mass is 328 g/mol. The van der Waals surface area contributed by atoms with Crippen molar-refractivity contribution in [3.05, 3.63) is 35.3 Å². The van der Waals surface area contributed by atoms with Crippen LogP contribution < -0.4 is 5.32 Å². The van der Waals surface area contributed by atoms with Gasteiger partial charge in [0.1, 0.15) is 11.1 Å². The fourth-order valence-corrected chi connectivity index (χ4v) is 3.10. The van der Waals surface area contributed by atoms with E-state index in [0.29, 0.717) is 11.5 Å². The van der Waals surface area contributed by atoms with E-state index in [0.717, 1.165) is 47.8 Å². The molecule has 0 unspecified atom stereocenters. The molecule has 0 saturated carbocycles. The van der Waals surface area contributed by atoms with Gasteiger partial charge in [-0.15, -0.1) is 16.9 Å². The SMILES string of the molecule is CCc1nnc(SCCCNc2ncccn2)c(C#N)c1CC. The summed E-state index contributed by atoms with van der Waals surface area (Å²) in [4.78, 5) is 8.22. The molecule has 0 radical (unpaired) electrons. The number of thioether (sulfide) groups is 1. The zero-order valence-electron chi connectivity index (χ0n) is 13.4. The molecule has 0 fully saturated rings. The summed E-state index contributed by atoms with van der Waals surface area (Å²) in [6.45, 7) is 4.86. The summed E-state index contributed by atoms with van der Waals surface area (Å²) >= 11 is 1.58. The topological polar surface area (TPSA) is 87.4 Å². The first-order valence-electron chi connectivity index (χ1n) is 7.72. The number of aromatic nitrogens is 4. The van der Waals surface area contributed by atoms with Gasteiger partial charge in [-0.05, 0) is 30.9 Å². The molecule has 2 heterocycles. The van der Waals surface area contributed by atoms with Crippen LogP contribution in [-0.4, -0.2) is 32.5 Å². The standard InChI is InChI=1S/C16H20N6S/c1-3-12-13(11-17)15(22-21-14(12)4-2)23-10-6-9-20-16-18-7-5-8-19-16/h5,7-8H,3-4,6,9-10H2,1-2H3,(H,18,19,20). The number of nitrogens with one attached hydrogen (secondary N) is 1. The Morgan fingerprint density at radius 3 is 2.61 bits per heavy atom. The van der Waals surface area contributed by atoms with Gasteiger partial charge in [-0.3, -0.25) is 0 Å². The van der Waals surface area contributed by atoms with Crippen molar-refractivity contribution in [1.82, 2.24) is 20.2 Å². The molecule has 2 aromatic rings. The van der Waals surface area contributed by atoms with Crippen LogP contribution in [0.2, 0.25) is 0 Å². The fraction of sp³-hybridized carbons (Fsp3) is 0.438. The van der Waals surface area contributed by atoms with Gasteiger partial charge in [-0.2, -0.15) is 10.4 Å². The number of hydrogen-bond acceptors (Lipinski definition) is 7. The van der Waals surface area contributed by atoms with Crippen molar-refractivity contribution >= 4 is 17.7 Å². The van der Waals surface area contributed by atoms with Crippen LogP contribution in [-0.2, 0) is 12.8 Å². The Bertz CT molecular complexity index is 668. The van der Waals surface area contributed by atoms with E-state index in [4.69, 9.17) is 0 Å². The molecule has 0 aromatic carbocycles. The van der Waals surface area contributed by atoms with E-state index in [-0.39, 0.29) is 0 Å². The van der Waals surface area contributed by atoms with Gasteiger partial charge >= 0.3 is 0 Å². The van der Waals surface area contributed by atoms with E-state index < -0.39 is 0 Å². The minimum Gasteiger partial charge on any atom is -0.354 e. The molecule has 0 bridgehead atoms. The van der Waals surface area contributed by atoms with Crippen LogP contribution in [0.25, 0.3) is 0 Å². The van der Waals surface area contributed by atoms with Crippen LogP contribution in [0.3, 0.4) is 0 Å². The molecule has 0 atom stereocenters. The maximum atomic E-state index is 9.44. The highest BCUT2D eigenvalue weighted by Gasteiger charge is 2.14. The second-order valence-electron chi connectivity index (χ2n) is 4.83. The molecule has 0 spiro atoms. The smallest absolute Gasteiger partial charge is 0.222 e. The molecular formula is C16H20N6S. The van der Waals surface area contributed by atoms with Gasteiger partial charge in [0.25, 0.3) is 0 Å². The lowest BCUT2D eigenvalue weighted by molar-refractivity contribution is 0.816. The average molecular weight is 328 g/mol. The summed E-state index contributed by atoms with van der Waals surface area (Å²) in [6, 6.07) is 4.08. The second kappa shape index (κ2) is 9.06. The number of anilines is 1. The summed E-state index contributed by atoms with van der Waals surface area (Å²) in [5, 5.41) is 21.8. The van der Waals surface area contributed by atoms with Crippen LogP contribution in [0, 0.1) is 11.3 Å². The van der Waals surface area contributed by atoms with E-state index in [9.17, 15) is 5.26 Å². The van der Waals surface area contributed by atoms with Gasteiger partial charge in [0.15, 0.2) is 0 Å². The first-order chi connectivity index (χ1) is 11.3. The van der Waals surface area contributed by atoms with Crippen LogP contribution in [0.1, 0.15) is 37.1 Å². The van der Waals surface area contributed by atoms with Gasteiger partial charge < -0.3 is 5.32 Å². The zero-order chi connectivity index (χ0) is 16.5. The lowest BCUT2D eigenvalue weighted by Crippen LogP contribution is -2.07. The number of nitrogens with zero attached hydrogens (tertiary/aromatic N) is 5. The highest BCUT2D eigenvalue weighted by Crippen LogP contribution is 2.25. The van der Waals surface area contributed by atoms with Crippen LogP contribution >= 0.6 is 11.8 Å². The van der Waals surface area contributed by atoms with E-state index >= 15 is 0 Å². The highest BCUT2D eigenvalue weighted by molar-refractivity contribution is 7.99. The minimum atomic E-state index is 0.635.